The van der Waals surface area contributed by atoms with E-state index in [9.17, 15) is 4.79 Å². The van der Waals surface area contributed by atoms with Gasteiger partial charge in [0.05, 0.1) is 6.61 Å². The minimum absolute atomic E-state index is 0.0832. The summed E-state index contributed by atoms with van der Waals surface area (Å²) >= 11 is 0. The Hall–Kier alpha value is -1.55. The SMILES string of the molecule is CCCCC[C@@](C)(OCC)C(=O)Nc1ccc(OCCCC)cc1. The topological polar surface area (TPSA) is 47.6 Å². The fourth-order valence-corrected chi connectivity index (χ4v) is 2.51. The number of amides is 1. The molecular weight excluding hydrogens is 302 g/mol. The van der Waals surface area contributed by atoms with Gasteiger partial charge in [0.15, 0.2) is 0 Å². The second-order valence-corrected chi connectivity index (χ2v) is 6.30. The molecule has 24 heavy (non-hydrogen) atoms. The molecule has 0 aliphatic carbocycles. The molecule has 0 saturated carbocycles. The van der Waals surface area contributed by atoms with Crippen LogP contribution in [0.1, 0.15) is 66.2 Å². The molecule has 0 aliphatic rings. The Kier molecular flexibility index (Phi) is 9.46. The van der Waals surface area contributed by atoms with Crippen molar-refractivity contribution in [1.82, 2.24) is 0 Å². The molecule has 0 saturated heterocycles. The van der Waals surface area contributed by atoms with E-state index in [1.807, 2.05) is 38.1 Å². The van der Waals surface area contributed by atoms with Gasteiger partial charge >= 0.3 is 0 Å². The third-order valence-corrected chi connectivity index (χ3v) is 4.08. The summed E-state index contributed by atoms with van der Waals surface area (Å²) < 4.78 is 11.4. The monoisotopic (exact) mass is 335 g/mol. The van der Waals surface area contributed by atoms with Crippen LogP contribution in [-0.2, 0) is 9.53 Å². The van der Waals surface area contributed by atoms with Crippen LogP contribution in [0.3, 0.4) is 0 Å². The first-order valence-corrected chi connectivity index (χ1v) is 9.24. The van der Waals surface area contributed by atoms with E-state index < -0.39 is 5.60 Å². The zero-order valence-electron chi connectivity index (χ0n) is 15.7. The molecule has 0 aliphatic heterocycles. The van der Waals surface area contributed by atoms with Gasteiger partial charge in [-0.15, -0.1) is 0 Å². The molecule has 1 amide bonds. The minimum Gasteiger partial charge on any atom is -0.494 e. The highest BCUT2D eigenvalue weighted by molar-refractivity contribution is 5.97. The molecule has 4 nitrogen and oxygen atoms in total. The number of ether oxygens (including phenoxy) is 2. The van der Waals surface area contributed by atoms with Gasteiger partial charge in [-0.05, 0) is 51.0 Å². The van der Waals surface area contributed by atoms with Crippen LogP contribution in [0.15, 0.2) is 24.3 Å². The van der Waals surface area contributed by atoms with E-state index >= 15 is 0 Å². The largest absolute Gasteiger partial charge is 0.494 e. The summed E-state index contributed by atoms with van der Waals surface area (Å²) in [6.45, 7) is 9.35. The number of carbonyl (C=O) groups is 1. The normalized spacial score (nSPS) is 13.3. The number of nitrogens with one attached hydrogen (secondary N) is 1. The van der Waals surface area contributed by atoms with Crippen molar-refractivity contribution >= 4 is 11.6 Å². The summed E-state index contributed by atoms with van der Waals surface area (Å²) in [6.07, 6.45) is 6.12. The van der Waals surface area contributed by atoms with Gasteiger partial charge in [0.25, 0.3) is 5.91 Å². The molecule has 1 aromatic rings. The third-order valence-electron chi connectivity index (χ3n) is 4.08. The van der Waals surface area contributed by atoms with Gasteiger partial charge in [0.2, 0.25) is 0 Å². The zero-order valence-corrected chi connectivity index (χ0v) is 15.7. The summed E-state index contributed by atoms with van der Waals surface area (Å²) in [5.41, 5.74) is -0.00973. The minimum atomic E-state index is -0.778. The lowest BCUT2D eigenvalue weighted by atomic mass is 9.96. The second kappa shape index (κ2) is 11.1. The summed E-state index contributed by atoms with van der Waals surface area (Å²) in [4.78, 5) is 12.6. The molecule has 0 spiro atoms. The van der Waals surface area contributed by atoms with Gasteiger partial charge in [-0.1, -0.05) is 39.5 Å². The Bertz CT molecular complexity index is 472. The maximum atomic E-state index is 12.6. The van der Waals surface area contributed by atoms with Crippen LogP contribution >= 0.6 is 0 Å². The smallest absolute Gasteiger partial charge is 0.256 e. The quantitative estimate of drug-likeness (QED) is 0.535. The molecular formula is C20H33NO3. The van der Waals surface area contributed by atoms with Crippen LogP contribution in [0, 0.1) is 0 Å². The van der Waals surface area contributed by atoms with Gasteiger partial charge in [0, 0.05) is 12.3 Å². The van der Waals surface area contributed by atoms with Crippen LogP contribution in [-0.4, -0.2) is 24.7 Å². The molecule has 0 fully saturated rings. The molecule has 1 atom stereocenters. The molecule has 136 valence electrons. The van der Waals surface area contributed by atoms with E-state index in [1.54, 1.807) is 0 Å². The fourth-order valence-electron chi connectivity index (χ4n) is 2.51. The van der Waals surface area contributed by atoms with Gasteiger partial charge in [-0.25, -0.2) is 0 Å². The number of carbonyl (C=O) groups excluding carboxylic acids is 1. The maximum Gasteiger partial charge on any atom is 0.256 e. The summed E-state index contributed by atoms with van der Waals surface area (Å²) in [5, 5.41) is 2.97. The van der Waals surface area contributed by atoms with Crippen molar-refractivity contribution in [1.29, 1.82) is 0 Å². The van der Waals surface area contributed by atoms with Crippen LogP contribution < -0.4 is 10.1 Å². The van der Waals surface area contributed by atoms with Crippen LogP contribution in [0.2, 0.25) is 0 Å². The van der Waals surface area contributed by atoms with E-state index in [0.717, 1.165) is 56.6 Å². The molecule has 1 aromatic carbocycles. The Morgan fingerprint density at radius 1 is 1.04 bits per heavy atom. The van der Waals surface area contributed by atoms with Crippen molar-refractivity contribution < 1.29 is 14.3 Å². The lowest BCUT2D eigenvalue weighted by molar-refractivity contribution is -0.139. The standard InChI is InChI=1S/C20H33NO3/c1-5-8-10-15-20(4,24-7-3)19(22)21-17-11-13-18(14-12-17)23-16-9-6-2/h11-14H,5-10,15-16H2,1-4H3,(H,21,22)/t20-/m1/s1. The average molecular weight is 335 g/mol. The highest BCUT2D eigenvalue weighted by Gasteiger charge is 2.33. The van der Waals surface area contributed by atoms with Crippen molar-refractivity contribution in [2.24, 2.45) is 0 Å². The molecule has 1 rings (SSSR count). The van der Waals surface area contributed by atoms with Crippen LogP contribution in [0.25, 0.3) is 0 Å². The maximum absolute atomic E-state index is 12.6. The number of hydrogen-bond acceptors (Lipinski definition) is 3. The Morgan fingerprint density at radius 3 is 2.29 bits per heavy atom. The Labute approximate surface area is 146 Å². The van der Waals surface area contributed by atoms with Gasteiger partial charge in [0.1, 0.15) is 11.4 Å². The van der Waals surface area contributed by atoms with Gasteiger partial charge in [-0.3, -0.25) is 4.79 Å². The zero-order chi connectivity index (χ0) is 17.8. The molecule has 4 heteroatoms. The summed E-state index contributed by atoms with van der Waals surface area (Å²) in [5.74, 6) is 0.747. The summed E-state index contributed by atoms with van der Waals surface area (Å²) in [6, 6.07) is 7.52. The van der Waals surface area contributed by atoms with E-state index in [0.29, 0.717) is 6.61 Å². The predicted octanol–water partition coefficient (Wildman–Crippen LogP) is 5.18. The van der Waals surface area contributed by atoms with Crippen LogP contribution in [0.5, 0.6) is 5.75 Å². The van der Waals surface area contributed by atoms with E-state index in [4.69, 9.17) is 9.47 Å². The van der Waals surface area contributed by atoms with Crippen molar-refractivity contribution in [3.05, 3.63) is 24.3 Å². The number of benzene rings is 1. The van der Waals surface area contributed by atoms with Gasteiger partial charge < -0.3 is 14.8 Å². The number of rotatable bonds is 12. The van der Waals surface area contributed by atoms with Gasteiger partial charge in [-0.2, -0.15) is 0 Å². The average Bonchev–Trinajstić information content (AvgIpc) is 2.57. The molecule has 0 aromatic heterocycles. The van der Waals surface area contributed by atoms with Crippen molar-refractivity contribution in [2.75, 3.05) is 18.5 Å². The first kappa shape index (κ1) is 20.5. The van der Waals surface area contributed by atoms with Crippen molar-refractivity contribution in [3.63, 3.8) is 0 Å². The Balaban J connectivity index is 2.62. The van der Waals surface area contributed by atoms with Crippen molar-refractivity contribution in [2.45, 2.75) is 71.8 Å². The molecule has 0 unspecified atom stereocenters. The molecule has 0 radical (unpaired) electrons. The molecule has 0 bridgehead atoms. The first-order chi connectivity index (χ1) is 11.6. The van der Waals surface area contributed by atoms with E-state index in [1.165, 1.54) is 0 Å². The van der Waals surface area contributed by atoms with Crippen molar-refractivity contribution in [3.8, 4) is 5.75 Å². The van der Waals surface area contributed by atoms with E-state index in [2.05, 4.69) is 19.2 Å². The van der Waals surface area contributed by atoms with Crippen LogP contribution in [0.4, 0.5) is 5.69 Å². The molecule has 1 N–H and O–H groups in total. The van der Waals surface area contributed by atoms with E-state index in [-0.39, 0.29) is 5.91 Å². The lowest BCUT2D eigenvalue weighted by Crippen LogP contribution is -2.42. The third kappa shape index (κ3) is 6.91. The highest BCUT2D eigenvalue weighted by Crippen LogP contribution is 2.23. The number of anilines is 1. The number of unbranched alkanes of at least 4 members (excludes halogenated alkanes) is 3. The second-order valence-electron chi connectivity index (χ2n) is 6.30. The highest BCUT2D eigenvalue weighted by atomic mass is 16.5. The first-order valence-electron chi connectivity index (χ1n) is 9.24. The predicted molar refractivity (Wildman–Crippen MR) is 99.6 cm³/mol. The summed E-state index contributed by atoms with van der Waals surface area (Å²) in [7, 11) is 0. The fraction of sp³-hybridized carbons (Fsp3) is 0.650. The number of hydrogen-bond donors (Lipinski definition) is 1. The Morgan fingerprint density at radius 2 is 1.71 bits per heavy atom. The lowest BCUT2D eigenvalue weighted by Gasteiger charge is -2.28. The molecule has 0 heterocycles.